The van der Waals surface area contributed by atoms with Crippen LogP contribution in [0.1, 0.15) is 27.7 Å². The number of hydrogen-bond acceptors (Lipinski definition) is 8. The van der Waals surface area contributed by atoms with Gasteiger partial charge in [0, 0.05) is 26.4 Å². The zero-order valence-electron chi connectivity index (χ0n) is 18.2. The van der Waals surface area contributed by atoms with Crippen molar-refractivity contribution in [1.29, 1.82) is 0 Å². The normalized spacial score (nSPS) is 11.1. The van der Waals surface area contributed by atoms with Crippen LogP contribution in [0.4, 0.5) is 10.2 Å². The maximum atomic E-state index is 13.5. The second-order valence-electron chi connectivity index (χ2n) is 5.41. The summed E-state index contributed by atoms with van der Waals surface area (Å²) in [5.41, 5.74) is 0.491. The Morgan fingerprint density at radius 1 is 1.23 bits per heavy atom. The number of halogens is 2. The molecule has 10 nitrogen and oxygen atoms in total. The predicted molar refractivity (Wildman–Crippen MR) is 121 cm³/mol. The molecule has 1 aromatic carbocycles. The molecule has 1 unspecified atom stereocenters. The molecule has 31 heavy (non-hydrogen) atoms. The lowest BCUT2D eigenvalue weighted by molar-refractivity contribution is 0.308. The quantitative estimate of drug-likeness (QED) is 0.504. The summed E-state index contributed by atoms with van der Waals surface area (Å²) in [6.45, 7) is 8.85. The van der Waals surface area contributed by atoms with Gasteiger partial charge in [-0.3, -0.25) is 4.52 Å². The molecule has 0 aliphatic heterocycles. The molecule has 2 aromatic heterocycles. The van der Waals surface area contributed by atoms with E-state index in [2.05, 4.69) is 36.1 Å². The molecule has 0 aliphatic carbocycles. The van der Waals surface area contributed by atoms with Crippen molar-refractivity contribution in [2.75, 3.05) is 31.3 Å². The smallest absolute Gasteiger partial charge is 0.354 e. The fourth-order valence-electron chi connectivity index (χ4n) is 2.29. The summed E-state index contributed by atoms with van der Waals surface area (Å²) in [4.78, 5) is 13.8. The summed E-state index contributed by atoms with van der Waals surface area (Å²) in [5.74, 6) is -0.896. The summed E-state index contributed by atoms with van der Waals surface area (Å²) in [7, 11) is 0.579. The van der Waals surface area contributed by atoms with Crippen molar-refractivity contribution in [3.8, 4) is 17.2 Å². The number of hydrogen-bond donors (Lipinski definition) is 1. The van der Waals surface area contributed by atoms with E-state index in [0.29, 0.717) is 24.6 Å². The first-order valence-electron chi connectivity index (χ1n) is 9.53. The minimum atomic E-state index is -1.14. The highest BCUT2D eigenvalue weighted by Crippen LogP contribution is 2.27. The van der Waals surface area contributed by atoms with Crippen molar-refractivity contribution in [2.24, 2.45) is 0 Å². The first-order valence-corrected chi connectivity index (χ1v) is 11.9. The summed E-state index contributed by atoms with van der Waals surface area (Å²) in [5, 5.41) is 11.4. The van der Waals surface area contributed by atoms with Gasteiger partial charge >= 0.3 is 5.76 Å². The Hall–Kier alpha value is -2.38. The molecule has 0 aliphatic rings. The molecular formula is C18H26BrFN6O4S. The zero-order valence-corrected chi connectivity index (χ0v) is 20.6. The van der Waals surface area contributed by atoms with Gasteiger partial charge in [-0.05, 0) is 44.4 Å². The Kier molecular flexibility index (Phi) is 11.3. The van der Waals surface area contributed by atoms with Crippen molar-refractivity contribution < 1.29 is 17.8 Å². The summed E-state index contributed by atoms with van der Waals surface area (Å²) < 4.78 is 38.2. The number of likely N-dealkylation sites (N-methyl/N-ethyl adjacent to an activating group) is 1. The largest absolute Gasteiger partial charge is 0.446 e. The Morgan fingerprint density at radius 3 is 2.52 bits per heavy atom. The number of aromatic nitrogens is 4. The van der Waals surface area contributed by atoms with Crippen LogP contribution in [0.2, 0.25) is 0 Å². The van der Waals surface area contributed by atoms with E-state index < -0.39 is 22.6 Å². The Morgan fingerprint density at radius 2 is 1.90 bits per heavy atom. The van der Waals surface area contributed by atoms with Gasteiger partial charge < -0.3 is 4.90 Å². The fourth-order valence-corrected chi connectivity index (χ4v) is 3.04. The second-order valence-corrected chi connectivity index (χ2v) is 7.46. The minimum absolute atomic E-state index is 0.0497. The predicted octanol–water partition coefficient (Wildman–Crippen LogP) is 3.15. The molecule has 3 aromatic rings. The first-order chi connectivity index (χ1) is 14.9. The van der Waals surface area contributed by atoms with Gasteiger partial charge in [0.1, 0.15) is 5.82 Å². The second kappa shape index (κ2) is 13.1. The van der Waals surface area contributed by atoms with Crippen molar-refractivity contribution in [1.82, 2.24) is 24.8 Å². The third-order valence-electron chi connectivity index (χ3n) is 3.56. The number of benzene rings is 1. The highest BCUT2D eigenvalue weighted by molar-refractivity contribution is 9.10. The van der Waals surface area contributed by atoms with Gasteiger partial charge in [-0.25, -0.2) is 27.3 Å². The molecule has 2 heterocycles. The number of anilines is 1. The van der Waals surface area contributed by atoms with Crippen molar-refractivity contribution >= 4 is 32.7 Å². The number of nitrogens with zero attached hydrogens (tertiary/aromatic N) is 5. The average molecular weight is 521 g/mol. The van der Waals surface area contributed by atoms with Crippen LogP contribution in [0.15, 0.2) is 36.6 Å². The SMILES string of the molecule is CC.CC.CN(CCNS(C)=O)c1nonc1-c1noc(=O)n1-c1ccc(F)c(Br)c1. The zero-order chi connectivity index (χ0) is 23.6. The third kappa shape index (κ3) is 6.80. The summed E-state index contributed by atoms with van der Waals surface area (Å²) >= 11 is 3.08. The molecule has 3 rings (SSSR count). The molecule has 0 saturated carbocycles. The monoisotopic (exact) mass is 520 g/mol. The summed E-state index contributed by atoms with van der Waals surface area (Å²) in [6, 6.07) is 4.02. The summed E-state index contributed by atoms with van der Waals surface area (Å²) in [6.07, 6.45) is 1.53. The molecule has 172 valence electrons. The topological polar surface area (TPSA) is 119 Å². The lowest BCUT2D eigenvalue weighted by atomic mass is 10.3. The van der Waals surface area contributed by atoms with E-state index in [1.54, 1.807) is 11.9 Å². The van der Waals surface area contributed by atoms with Gasteiger partial charge in [0.2, 0.25) is 11.6 Å². The minimum Gasteiger partial charge on any atom is -0.354 e. The van der Waals surface area contributed by atoms with E-state index in [9.17, 15) is 13.4 Å². The highest BCUT2D eigenvalue weighted by atomic mass is 79.9. The van der Waals surface area contributed by atoms with Gasteiger partial charge in [-0.2, -0.15) is 0 Å². The van der Waals surface area contributed by atoms with E-state index in [4.69, 9.17) is 9.15 Å². The maximum Gasteiger partial charge on any atom is 0.446 e. The molecule has 1 atom stereocenters. The van der Waals surface area contributed by atoms with Gasteiger partial charge in [0.15, 0.2) is 5.69 Å². The molecule has 0 spiro atoms. The highest BCUT2D eigenvalue weighted by Gasteiger charge is 2.25. The fraction of sp³-hybridized carbons (Fsp3) is 0.444. The van der Waals surface area contributed by atoms with E-state index in [-0.39, 0.29) is 16.0 Å². The molecule has 0 fully saturated rings. The average Bonchev–Trinajstić information content (AvgIpc) is 3.39. The van der Waals surface area contributed by atoms with Crippen LogP contribution >= 0.6 is 15.9 Å². The van der Waals surface area contributed by atoms with Crippen LogP contribution in [-0.2, 0) is 11.0 Å². The van der Waals surface area contributed by atoms with E-state index in [0.717, 1.165) is 4.57 Å². The van der Waals surface area contributed by atoms with Crippen LogP contribution in [0.3, 0.4) is 0 Å². The number of rotatable bonds is 7. The molecule has 1 N–H and O–H groups in total. The molecule has 0 radical (unpaired) electrons. The van der Waals surface area contributed by atoms with Crippen molar-refractivity contribution in [2.45, 2.75) is 27.7 Å². The van der Waals surface area contributed by atoms with Crippen LogP contribution in [0, 0.1) is 5.82 Å². The van der Waals surface area contributed by atoms with Gasteiger partial charge in [-0.15, -0.1) is 0 Å². The van der Waals surface area contributed by atoms with E-state index >= 15 is 0 Å². The van der Waals surface area contributed by atoms with Crippen LogP contribution < -0.4 is 15.4 Å². The van der Waals surface area contributed by atoms with Crippen LogP contribution in [-0.4, -0.2) is 50.6 Å². The van der Waals surface area contributed by atoms with Crippen molar-refractivity contribution in [3.63, 3.8) is 0 Å². The molecule has 0 saturated heterocycles. The van der Waals surface area contributed by atoms with Crippen molar-refractivity contribution in [3.05, 3.63) is 39.0 Å². The first kappa shape index (κ1) is 26.7. The molecule has 0 bridgehead atoms. The van der Waals surface area contributed by atoms with E-state index in [1.165, 1.54) is 24.5 Å². The standard InChI is InChI=1S/C14H14BrFN6O4S.2C2H6/c1-21(6-5-17-27(2)24)12-11(18-26-20-12)13-19-25-14(23)22(13)8-3-4-10(16)9(15)7-8;2*1-2/h3-4,7,17H,5-6H2,1-2H3;2*1-2H3. The van der Waals surface area contributed by atoms with Crippen LogP contribution in [0.5, 0.6) is 0 Å². The Labute approximate surface area is 190 Å². The van der Waals surface area contributed by atoms with Crippen LogP contribution in [0.25, 0.3) is 17.2 Å². The molecule has 0 amide bonds. The molecule has 13 heteroatoms. The van der Waals surface area contributed by atoms with E-state index in [1.807, 2.05) is 27.7 Å². The third-order valence-corrected chi connectivity index (χ3v) is 4.78. The Bertz CT molecular complexity index is 1040. The maximum absolute atomic E-state index is 13.5. The van der Waals surface area contributed by atoms with Gasteiger partial charge in [-0.1, -0.05) is 32.9 Å². The lowest BCUT2D eigenvalue weighted by Gasteiger charge is -2.15. The lowest BCUT2D eigenvalue weighted by Crippen LogP contribution is -2.30. The molecular weight excluding hydrogens is 495 g/mol. The Balaban J connectivity index is 0.00000113. The number of nitrogens with one attached hydrogen (secondary N) is 1. The van der Waals surface area contributed by atoms with Gasteiger partial charge in [0.25, 0.3) is 0 Å². The van der Waals surface area contributed by atoms with Gasteiger partial charge in [0.05, 0.1) is 21.1 Å².